The average molecular weight is 281 g/mol. The van der Waals surface area contributed by atoms with Gasteiger partial charge in [-0.05, 0) is 51.3 Å². The van der Waals surface area contributed by atoms with Crippen LogP contribution in [0.2, 0.25) is 0 Å². The molecule has 0 bridgehead atoms. The molecule has 0 spiro atoms. The molecule has 19 heavy (non-hydrogen) atoms. The second-order valence-electron chi connectivity index (χ2n) is 5.56. The van der Waals surface area contributed by atoms with Gasteiger partial charge in [0.15, 0.2) is 0 Å². The summed E-state index contributed by atoms with van der Waals surface area (Å²) in [5.74, 6) is 0. The van der Waals surface area contributed by atoms with Crippen molar-refractivity contribution in [3.63, 3.8) is 0 Å². The van der Waals surface area contributed by atoms with Gasteiger partial charge in [-0.2, -0.15) is 0 Å². The van der Waals surface area contributed by atoms with Crippen LogP contribution in [0.3, 0.4) is 0 Å². The fraction of sp³-hybridized carbons (Fsp3) is 0.733. The van der Waals surface area contributed by atoms with Crippen molar-refractivity contribution < 1.29 is 0 Å². The summed E-state index contributed by atoms with van der Waals surface area (Å²) in [6.45, 7) is 9.49. The molecule has 1 saturated heterocycles. The average Bonchev–Trinajstić information content (AvgIpc) is 2.77. The molecule has 3 nitrogen and oxygen atoms in total. The highest BCUT2D eigenvalue weighted by Gasteiger charge is 2.13. The van der Waals surface area contributed by atoms with Gasteiger partial charge >= 0.3 is 0 Å². The van der Waals surface area contributed by atoms with Crippen LogP contribution in [-0.2, 0) is 6.42 Å². The molecule has 2 heterocycles. The zero-order chi connectivity index (χ0) is 13.5. The highest BCUT2D eigenvalue weighted by atomic mass is 32.1. The Labute approximate surface area is 121 Å². The molecule has 1 aromatic heterocycles. The van der Waals surface area contributed by atoms with Crippen LogP contribution in [0.25, 0.3) is 0 Å². The molecule has 1 fully saturated rings. The van der Waals surface area contributed by atoms with Crippen LogP contribution in [0.15, 0.2) is 17.5 Å². The Morgan fingerprint density at radius 2 is 2.32 bits per heavy atom. The lowest BCUT2D eigenvalue weighted by Gasteiger charge is -2.28. The van der Waals surface area contributed by atoms with Crippen molar-refractivity contribution in [1.29, 1.82) is 0 Å². The molecule has 0 aromatic carbocycles. The second kappa shape index (κ2) is 8.00. The fourth-order valence-corrected chi connectivity index (χ4v) is 3.35. The molecule has 1 unspecified atom stereocenters. The van der Waals surface area contributed by atoms with E-state index in [0.717, 1.165) is 6.54 Å². The summed E-state index contributed by atoms with van der Waals surface area (Å²) in [4.78, 5) is 6.59. The highest BCUT2D eigenvalue weighted by molar-refractivity contribution is 7.09. The molecule has 4 heteroatoms. The van der Waals surface area contributed by atoms with Crippen molar-refractivity contribution in [2.45, 2.75) is 25.8 Å². The van der Waals surface area contributed by atoms with E-state index in [1.807, 2.05) is 11.3 Å². The monoisotopic (exact) mass is 281 g/mol. The smallest absolute Gasteiger partial charge is 0.0113 e. The van der Waals surface area contributed by atoms with E-state index in [9.17, 15) is 0 Å². The predicted octanol–water partition coefficient (Wildman–Crippen LogP) is 1.91. The van der Waals surface area contributed by atoms with Crippen LogP contribution in [0.5, 0.6) is 0 Å². The maximum absolute atomic E-state index is 3.46. The quantitative estimate of drug-likeness (QED) is 0.859. The Balaban J connectivity index is 1.69. The first kappa shape index (κ1) is 15.0. The van der Waals surface area contributed by atoms with Gasteiger partial charge in [-0.1, -0.05) is 6.07 Å². The first-order valence-electron chi connectivity index (χ1n) is 7.41. The number of hydrogen-bond acceptors (Lipinski definition) is 4. The van der Waals surface area contributed by atoms with Gasteiger partial charge in [-0.25, -0.2) is 0 Å². The molecule has 0 radical (unpaired) electrons. The maximum atomic E-state index is 3.46. The normalized spacial score (nSPS) is 19.5. The number of hydrogen-bond donors (Lipinski definition) is 1. The summed E-state index contributed by atoms with van der Waals surface area (Å²) in [7, 11) is 2.26. The molecular weight excluding hydrogens is 254 g/mol. The van der Waals surface area contributed by atoms with Gasteiger partial charge in [-0.3, -0.25) is 0 Å². The summed E-state index contributed by atoms with van der Waals surface area (Å²) in [6, 6.07) is 5.02. The van der Waals surface area contributed by atoms with E-state index in [-0.39, 0.29) is 0 Å². The Hall–Kier alpha value is -0.420. The molecule has 1 aromatic rings. The van der Waals surface area contributed by atoms with Crippen molar-refractivity contribution in [3.8, 4) is 0 Å². The van der Waals surface area contributed by atoms with E-state index < -0.39 is 0 Å². The minimum atomic E-state index is 0.628. The largest absolute Gasteiger partial charge is 0.315 e. The molecule has 0 amide bonds. The molecule has 0 saturated carbocycles. The van der Waals surface area contributed by atoms with Crippen LogP contribution in [0.1, 0.15) is 18.2 Å². The van der Waals surface area contributed by atoms with Gasteiger partial charge in [-0.15, -0.1) is 11.3 Å². The third kappa shape index (κ3) is 5.22. The number of rotatable bonds is 6. The molecule has 2 rings (SSSR count). The third-order valence-corrected chi connectivity index (χ3v) is 4.93. The van der Waals surface area contributed by atoms with Crippen LogP contribution in [0, 0.1) is 0 Å². The Morgan fingerprint density at radius 1 is 1.42 bits per heavy atom. The van der Waals surface area contributed by atoms with Gasteiger partial charge in [0.2, 0.25) is 0 Å². The number of nitrogens with one attached hydrogen (secondary N) is 1. The number of nitrogens with zero attached hydrogens (tertiary/aromatic N) is 2. The van der Waals surface area contributed by atoms with E-state index in [1.54, 1.807) is 0 Å². The van der Waals surface area contributed by atoms with Crippen molar-refractivity contribution in [2.24, 2.45) is 0 Å². The van der Waals surface area contributed by atoms with Crippen molar-refractivity contribution in [3.05, 3.63) is 22.4 Å². The van der Waals surface area contributed by atoms with Crippen molar-refractivity contribution in [1.82, 2.24) is 15.1 Å². The van der Waals surface area contributed by atoms with Crippen LogP contribution in [0.4, 0.5) is 0 Å². The zero-order valence-electron chi connectivity index (χ0n) is 12.3. The highest BCUT2D eigenvalue weighted by Crippen LogP contribution is 2.13. The lowest BCUT2D eigenvalue weighted by Crippen LogP contribution is -2.39. The first-order chi connectivity index (χ1) is 9.25. The summed E-state index contributed by atoms with van der Waals surface area (Å²) < 4.78 is 0. The van der Waals surface area contributed by atoms with Gasteiger partial charge < -0.3 is 15.1 Å². The van der Waals surface area contributed by atoms with Gasteiger partial charge in [0.1, 0.15) is 0 Å². The van der Waals surface area contributed by atoms with Crippen molar-refractivity contribution >= 4 is 11.3 Å². The lowest BCUT2D eigenvalue weighted by molar-refractivity contribution is 0.201. The standard InChI is InChI=1S/C15H27N3S/c1-14(13-15-5-3-12-19-15)17(2)10-11-18-8-4-6-16-7-9-18/h3,5,12,14,16H,4,6-11,13H2,1-2H3. The minimum Gasteiger partial charge on any atom is -0.315 e. The Bertz CT molecular complexity index is 331. The minimum absolute atomic E-state index is 0.628. The van der Waals surface area contributed by atoms with E-state index in [2.05, 4.69) is 46.6 Å². The molecule has 0 aliphatic carbocycles. The number of thiophene rings is 1. The molecule has 1 aliphatic heterocycles. The van der Waals surface area contributed by atoms with Crippen LogP contribution >= 0.6 is 11.3 Å². The van der Waals surface area contributed by atoms with E-state index in [1.165, 1.54) is 50.4 Å². The summed E-state index contributed by atoms with van der Waals surface area (Å²) in [5.41, 5.74) is 0. The third-order valence-electron chi connectivity index (χ3n) is 4.03. The molecule has 108 valence electrons. The SMILES string of the molecule is CC(Cc1cccs1)N(C)CCN1CCCNCC1. The second-order valence-corrected chi connectivity index (χ2v) is 6.59. The summed E-state index contributed by atoms with van der Waals surface area (Å²) >= 11 is 1.87. The van der Waals surface area contributed by atoms with Gasteiger partial charge in [0.05, 0.1) is 0 Å². The van der Waals surface area contributed by atoms with Gasteiger partial charge in [0.25, 0.3) is 0 Å². The lowest BCUT2D eigenvalue weighted by atomic mass is 10.2. The van der Waals surface area contributed by atoms with Gasteiger partial charge in [0, 0.05) is 37.1 Å². The van der Waals surface area contributed by atoms with E-state index in [0.29, 0.717) is 6.04 Å². The van der Waals surface area contributed by atoms with Crippen LogP contribution < -0.4 is 5.32 Å². The van der Waals surface area contributed by atoms with E-state index >= 15 is 0 Å². The fourth-order valence-electron chi connectivity index (χ4n) is 2.52. The van der Waals surface area contributed by atoms with E-state index in [4.69, 9.17) is 0 Å². The molecule has 1 aliphatic rings. The summed E-state index contributed by atoms with van der Waals surface area (Å²) in [5, 5.41) is 5.64. The predicted molar refractivity (Wildman–Crippen MR) is 84.0 cm³/mol. The Morgan fingerprint density at radius 3 is 3.11 bits per heavy atom. The first-order valence-corrected chi connectivity index (χ1v) is 8.29. The number of likely N-dealkylation sites (N-methyl/N-ethyl adjacent to an activating group) is 1. The topological polar surface area (TPSA) is 18.5 Å². The molecule has 1 atom stereocenters. The van der Waals surface area contributed by atoms with Crippen molar-refractivity contribution in [2.75, 3.05) is 46.3 Å². The zero-order valence-corrected chi connectivity index (χ0v) is 13.1. The molecular formula is C15H27N3S. The molecule has 1 N–H and O–H groups in total. The maximum Gasteiger partial charge on any atom is 0.0113 e. The summed E-state index contributed by atoms with van der Waals surface area (Å²) in [6.07, 6.45) is 2.46. The Kier molecular flexibility index (Phi) is 6.31. The van der Waals surface area contributed by atoms with Crippen LogP contribution in [-0.4, -0.2) is 62.2 Å².